The van der Waals surface area contributed by atoms with Gasteiger partial charge in [-0.1, -0.05) is 12.1 Å². The lowest BCUT2D eigenvalue weighted by Crippen LogP contribution is -2.28. The molecule has 1 fully saturated rings. The molecule has 1 unspecified atom stereocenters. The van der Waals surface area contributed by atoms with E-state index in [0.29, 0.717) is 12.2 Å². The van der Waals surface area contributed by atoms with Crippen LogP contribution < -0.4 is 10.5 Å². The summed E-state index contributed by atoms with van der Waals surface area (Å²) in [6.45, 7) is 0.652. The Morgan fingerprint density at radius 2 is 2.17 bits per heavy atom. The van der Waals surface area contributed by atoms with Crippen molar-refractivity contribution in [2.24, 2.45) is 0 Å². The van der Waals surface area contributed by atoms with Crippen LogP contribution >= 0.6 is 11.3 Å². The molecule has 3 aromatic rings. The second kappa shape index (κ2) is 5.72. The largest absolute Gasteiger partial charge is 0.376 e. The Hall–Kier alpha value is -2.74. The molecule has 1 aliphatic rings. The molecule has 1 saturated heterocycles. The molecule has 1 aliphatic heterocycles. The van der Waals surface area contributed by atoms with E-state index in [1.54, 1.807) is 29.5 Å². The van der Waals surface area contributed by atoms with Crippen molar-refractivity contribution in [2.75, 3.05) is 11.4 Å². The van der Waals surface area contributed by atoms with Gasteiger partial charge in [-0.3, -0.25) is 19.3 Å². The number of nitro groups is 1. The highest BCUT2D eigenvalue weighted by Gasteiger charge is 2.35. The fourth-order valence-electron chi connectivity index (χ4n) is 3.22. The van der Waals surface area contributed by atoms with Crippen LogP contribution in [0.2, 0.25) is 0 Å². The second-order valence-electron chi connectivity index (χ2n) is 5.64. The summed E-state index contributed by atoms with van der Waals surface area (Å²) in [5.41, 5.74) is -0.681. The van der Waals surface area contributed by atoms with E-state index in [2.05, 4.69) is 4.98 Å². The molecule has 0 aromatic carbocycles. The Morgan fingerprint density at radius 3 is 2.92 bits per heavy atom. The van der Waals surface area contributed by atoms with Crippen LogP contribution in [-0.4, -0.2) is 20.9 Å². The first-order valence-corrected chi connectivity index (χ1v) is 8.50. The third kappa shape index (κ3) is 2.26. The van der Waals surface area contributed by atoms with Crippen LogP contribution in [-0.2, 0) is 0 Å². The Kier molecular flexibility index (Phi) is 3.53. The second-order valence-corrected chi connectivity index (χ2v) is 6.62. The molecule has 0 aliphatic carbocycles. The van der Waals surface area contributed by atoms with Crippen molar-refractivity contribution in [3.8, 4) is 0 Å². The van der Waals surface area contributed by atoms with Gasteiger partial charge in [0, 0.05) is 17.6 Å². The maximum atomic E-state index is 12.6. The minimum atomic E-state index is -0.641. The van der Waals surface area contributed by atoms with Gasteiger partial charge in [-0.25, -0.2) is 4.98 Å². The topological polar surface area (TPSA) is 80.8 Å². The normalized spacial score (nSPS) is 17.5. The van der Waals surface area contributed by atoms with E-state index in [9.17, 15) is 14.9 Å². The van der Waals surface area contributed by atoms with E-state index in [-0.39, 0.29) is 11.9 Å². The van der Waals surface area contributed by atoms with Gasteiger partial charge in [0.1, 0.15) is 5.65 Å². The molecular formula is C16H14N4O3S. The molecule has 0 spiro atoms. The molecule has 7 nitrogen and oxygen atoms in total. The Morgan fingerprint density at radius 1 is 1.29 bits per heavy atom. The quantitative estimate of drug-likeness (QED) is 0.540. The van der Waals surface area contributed by atoms with Crippen molar-refractivity contribution in [1.82, 2.24) is 9.38 Å². The lowest BCUT2D eigenvalue weighted by atomic mass is 10.2. The van der Waals surface area contributed by atoms with Crippen LogP contribution in [0.1, 0.15) is 23.8 Å². The van der Waals surface area contributed by atoms with Gasteiger partial charge in [0.2, 0.25) is 5.82 Å². The number of nitrogens with zero attached hydrogens (tertiary/aromatic N) is 4. The SMILES string of the molecule is O=c1c([N+](=O)[O-])c(N2CCCC2c2cccs2)nc2ccccn12. The summed E-state index contributed by atoms with van der Waals surface area (Å²) in [7, 11) is 0. The van der Waals surface area contributed by atoms with Crippen LogP contribution in [0.3, 0.4) is 0 Å². The van der Waals surface area contributed by atoms with Gasteiger partial charge in [-0.2, -0.15) is 0 Å². The summed E-state index contributed by atoms with van der Waals surface area (Å²) < 4.78 is 1.22. The number of rotatable bonds is 3. The van der Waals surface area contributed by atoms with E-state index >= 15 is 0 Å². The Bertz CT molecular complexity index is 967. The fraction of sp³-hybridized carbons (Fsp3) is 0.250. The average Bonchev–Trinajstić information content (AvgIpc) is 3.25. The highest BCUT2D eigenvalue weighted by atomic mass is 32.1. The third-order valence-electron chi connectivity index (χ3n) is 4.27. The molecule has 4 heterocycles. The molecular weight excluding hydrogens is 328 g/mol. The monoisotopic (exact) mass is 342 g/mol. The standard InChI is InChI=1S/C16H14N4O3S/c21-16-14(20(22)23)15(17-13-7-1-2-8-19(13)16)18-9-3-5-11(18)12-6-4-10-24-12/h1-2,4,6-8,10-11H,3,5,9H2. The summed E-state index contributed by atoms with van der Waals surface area (Å²) in [5, 5.41) is 13.6. The molecule has 122 valence electrons. The molecule has 0 N–H and O–H groups in total. The van der Waals surface area contributed by atoms with E-state index in [4.69, 9.17) is 0 Å². The van der Waals surface area contributed by atoms with E-state index in [1.807, 2.05) is 22.4 Å². The highest BCUT2D eigenvalue weighted by Crippen LogP contribution is 2.39. The van der Waals surface area contributed by atoms with Gasteiger partial charge in [0.05, 0.1) is 11.0 Å². The summed E-state index contributed by atoms with van der Waals surface area (Å²) in [6.07, 6.45) is 3.31. The maximum Gasteiger partial charge on any atom is 0.376 e. The molecule has 1 atom stereocenters. The highest BCUT2D eigenvalue weighted by molar-refractivity contribution is 7.10. The van der Waals surface area contributed by atoms with Crippen LogP contribution in [0.15, 0.2) is 46.7 Å². The fourth-order valence-corrected chi connectivity index (χ4v) is 4.10. The Balaban J connectivity index is 1.94. The number of aromatic nitrogens is 2. The van der Waals surface area contributed by atoms with Gasteiger partial charge in [0.25, 0.3) is 0 Å². The lowest BCUT2D eigenvalue weighted by Gasteiger charge is -2.24. The minimum Gasteiger partial charge on any atom is -0.343 e. The average molecular weight is 342 g/mol. The van der Waals surface area contributed by atoms with Crippen molar-refractivity contribution in [1.29, 1.82) is 0 Å². The first kappa shape index (κ1) is 14.8. The lowest BCUT2D eigenvalue weighted by molar-refractivity contribution is -0.385. The van der Waals surface area contributed by atoms with Crippen molar-refractivity contribution in [2.45, 2.75) is 18.9 Å². The number of hydrogen-bond acceptors (Lipinski definition) is 6. The van der Waals surface area contributed by atoms with Crippen molar-refractivity contribution < 1.29 is 4.92 Å². The predicted molar refractivity (Wildman–Crippen MR) is 91.8 cm³/mol. The van der Waals surface area contributed by atoms with Crippen LogP contribution in [0.25, 0.3) is 5.65 Å². The van der Waals surface area contributed by atoms with Gasteiger partial charge in [-0.15, -0.1) is 11.3 Å². The number of anilines is 1. The van der Waals surface area contributed by atoms with E-state index < -0.39 is 16.2 Å². The zero-order chi connectivity index (χ0) is 16.7. The van der Waals surface area contributed by atoms with Crippen molar-refractivity contribution in [3.63, 3.8) is 0 Å². The number of hydrogen-bond donors (Lipinski definition) is 0. The minimum absolute atomic E-state index is 0.0294. The molecule has 4 rings (SSSR count). The zero-order valence-corrected chi connectivity index (χ0v) is 13.5. The van der Waals surface area contributed by atoms with Gasteiger partial charge >= 0.3 is 11.2 Å². The maximum absolute atomic E-state index is 12.6. The number of pyridine rings is 1. The summed E-state index contributed by atoms with van der Waals surface area (Å²) in [5.74, 6) is 0.173. The van der Waals surface area contributed by atoms with Crippen molar-refractivity contribution in [3.05, 3.63) is 67.3 Å². The van der Waals surface area contributed by atoms with Crippen LogP contribution in [0.5, 0.6) is 0 Å². The van der Waals surface area contributed by atoms with Crippen molar-refractivity contribution >= 4 is 28.5 Å². The summed E-state index contributed by atoms with van der Waals surface area (Å²) in [6, 6.07) is 9.12. The van der Waals surface area contributed by atoms with E-state index in [0.717, 1.165) is 17.7 Å². The molecule has 0 amide bonds. The van der Waals surface area contributed by atoms with Gasteiger partial charge in [-0.05, 0) is 36.4 Å². The molecule has 3 aromatic heterocycles. The first-order chi connectivity index (χ1) is 11.7. The molecule has 0 saturated carbocycles. The van der Waals surface area contributed by atoms with Crippen LogP contribution in [0, 0.1) is 10.1 Å². The molecule has 24 heavy (non-hydrogen) atoms. The van der Waals surface area contributed by atoms with E-state index in [1.165, 1.54) is 10.6 Å². The molecule has 0 radical (unpaired) electrons. The van der Waals surface area contributed by atoms with Crippen LogP contribution in [0.4, 0.5) is 11.5 Å². The zero-order valence-electron chi connectivity index (χ0n) is 12.7. The smallest absolute Gasteiger partial charge is 0.343 e. The number of thiophene rings is 1. The first-order valence-electron chi connectivity index (χ1n) is 7.62. The predicted octanol–water partition coefficient (Wildman–Crippen LogP) is 3.01. The van der Waals surface area contributed by atoms with Gasteiger partial charge < -0.3 is 4.90 Å². The van der Waals surface area contributed by atoms with Gasteiger partial charge in [0.15, 0.2) is 0 Å². The summed E-state index contributed by atoms with van der Waals surface area (Å²) >= 11 is 1.62. The summed E-state index contributed by atoms with van der Waals surface area (Å²) in [4.78, 5) is 31.0. The molecule has 0 bridgehead atoms. The number of fused-ring (bicyclic) bond motifs is 1. The Labute approximate surface area is 141 Å². The molecule has 8 heteroatoms. The third-order valence-corrected chi connectivity index (χ3v) is 5.24.